The van der Waals surface area contributed by atoms with Crippen LogP contribution in [-0.4, -0.2) is 24.9 Å². The van der Waals surface area contributed by atoms with Crippen molar-refractivity contribution in [3.05, 3.63) is 95.6 Å². The maximum atomic E-state index is 12.8. The van der Waals surface area contributed by atoms with Crippen LogP contribution in [0.25, 0.3) is 11.1 Å². The second-order valence-corrected chi connectivity index (χ2v) is 7.68. The number of amides is 1. The molecule has 150 valence electrons. The number of benzene rings is 3. The Labute approximate surface area is 174 Å². The SMILES string of the molecule is CCC(C(=O)NCc1ccccc1-c1ccc(CN(C)C)cc1)c1ccccc1. The Morgan fingerprint density at radius 2 is 1.55 bits per heavy atom. The van der Waals surface area contributed by atoms with Gasteiger partial charge in [0, 0.05) is 13.1 Å². The molecule has 1 N–H and O–H groups in total. The smallest absolute Gasteiger partial charge is 0.227 e. The van der Waals surface area contributed by atoms with Gasteiger partial charge in [-0.05, 0) is 48.3 Å². The molecule has 0 aliphatic rings. The lowest BCUT2D eigenvalue weighted by atomic mass is 9.95. The van der Waals surface area contributed by atoms with Gasteiger partial charge in [0.25, 0.3) is 0 Å². The molecule has 0 aliphatic carbocycles. The predicted molar refractivity (Wildman–Crippen MR) is 121 cm³/mol. The van der Waals surface area contributed by atoms with Crippen molar-refractivity contribution in [2.45, 2.75) is 32.4 Å². The molecule has 3 heteroatoms. The van der Waals surface area contributed by atoms with Crippen molar-refractivity contribution in [1.82, 2.24) is 10.2 Å². The molecule has 1 atom stereocenters. The second-order valence-electron chi connectivity index (χ2n) is 7.68. The minimum atomic E-state index is -0.117. The molecule has 3 nitrogen and oxygen atoms in total. The van der Waals surface area contributed by atoms with Gasteiger partial charge in [0.2, 0.25) is 5.91 Å². The molecular weight excluding hydrogens is 356 g/mol. The number of rotatable bonds is 8. The zero-order valence-corrected chi connectivity index (χ0v) is 17.6. The zero-order chi connectivity index (χ0) is 20.6. The number of carbonyl (C=O) groups excluding carboxylic acids is 1. The highest BCUT2D eigenvalue weighted by Gasteiger charge is 2.18. The maximum Gasteiger partial charge on any atom is 0.227 e. The van der Waals surface area contributed by atoms with Crippen molar-refractivity contribution < 1.29 is 4.79 Å². The van der Waals surface area contributed by atoms with Crippen LogP contribution in [-0.2, 0) is 17.9 Å². The molecule has 0 heterocycles. The Balaban J connectivity index is 1.73. The van der Waals surface area contributed by atoms with Crippen LogP contribution in [0.4, 0.5) is 0 Å². The van der Waals surface area contributed by atoms with Crippen LogP contribution in [0.2, 0.25) is 0 Å². The third-order valence-corrected chi connectivity index (χ3v) is 5.16. The predicted octanol–water partition coefficient (Wildman–Crippen LogP) is 5.23. The molecule has 0 radical (unpaired) electrons. The average Bonchev–Trinajstić information content (AvgIpc) is 2.74. The third-order valence-electron chi connectivity index (χ3n) is 5.16. The van der Waals surface area contributed by atoms with E-state index in [2.05, 4.69) is 67.6 Å². The molecule has 3 aromatic rings. The van der Waals surface area contributed by atoms with Gasteiger partial charge < -0.3 is 10.2 Å². The van der Waals surface area contributed by atoms with E-state index < -0.39 is 0 Å². The first kappa shape index (κ1) is 20.8. The fourth-order valence-electron chi connectivity index (χ4n) is 3.67. The van der Waals surface area contributed by atoms with Crippen LogP contribution in [0.3, 0.4) is 0 Å². The topological polar surface area (TPSA) is 32.3 Å². The number of hydrogen-bond acceptors (Lipinski definition) is 2. The van der Waals surface area contributed by atoms with Crippen LogP contribution in [0.5, 0.6) is 0 Å². The van der Waals surface area contributed by atoms with Crippen molar-refractivity contribution in [1.29, 1.82) is 0 Å². The summed E-state index contributed by atoms with van der Waals surface area (Å²) >= 11 is 0. The monoisotopic (exact) mass is 386 g/mol. The molecular formula is C26H30N2O. The van der Waals surface area contributed by atoms with Crippen LogP contribution in [0, 0.1) is 0 Å². The number of nitrogens with one attached hydrogen (secondary N) is 1. The standard InChI is InChI=1S/C26H30N2O/c1-4-24(21-10-6-5-7-11-21)26(29)27-18-23-12-8-9-13-25(23)22-16-14-20(15-17-22)19-28(2)3/h5-17,24H,4,18-19H2,1-3H3,(H,27,29). The zero-order valence-electron chi connectivity index (χ0n) is 17.6. The van der Waals surface area contributed by atoms with Gasteiger partial charge >= 0.3 is 0 Å². The average molecular weight is 387 g/mol. The van der Waals surface area contributed by atoms with E-state index in [-0.39, 0.29) is 11.8 Å². The molecule has 0 saturated carbocycles. The minimum Gasteiger partial charge on any atom is -0.351 e. The fourth-order valence-corrected chi connectivity index (χ4v) is 3.67. The van der Waals surface area contributed by atoms with Crippen molar-refractivity contribution in [2.75, 3.05) is 14.1 Å². The lowest BCUT2D eigenvalue weighted by Crippen LogP contribution is -2.28. The third kappa shape index (κ3) is 5.55. The molecule has 1 amide bonds. The second kappa shape index (κ2) is 10.0. The van der Waals surface area contributed by atoms with Crippen LogP contribution >= 0.6 is 0 Å². The summed E-state index contributed by atoms with van der Waals surface area (Å²) in [5, 5.41) is 3.15. The number of hydrogen-bond donors (Lipinski definition) is 1. The van der Waals surface area contributed by atoms with E-state index in [4.69, 9.17) is 0 Å². The largest absolute Gasteiger partial charge is 0.351 e. The summed E-state index contributed by atoms with van der Waals surface area (Å²) < 4.78 is 0. The summed E-state index contributed by atoms with van der Waals surface area (Å²) in [6.07, 6.45) is 0.783. The quantitative estimate of drug-likeness (QED) is 0.575. The lowest BCUT2D eigenvalue weighted by Gasteiger charge is -2.17. The van der Waals surface area contributed by atoms with E-state index in [1.807, 2.05) is 42.5 Å². The van der Waals surface area contributed by atoms with E-state index in [1.54, 1.807) is 0 Å². The molecule has 0 aliphatic heterocycles. The van der Waals surface area contributed by atoms with E-state index in [0.717, 1.165) is 29.7 Å². The molecule has 0 aromatic heterocycles. The first-order valence-electron chi connectivity index (χ1n) is 10.2. The van der Waals surface area contributed by atoms with Crippen molar-refractivity contribution in [3.8, 4) is 11.1 Å². The highest BCUT2D eigenvalue weighted by molar-refractivity contribution is 5.83. The summed E-state index contributed by atoms with van der Waals surface area (Å²) in [5.41, 5.74) is 5.82. The van der Waals surface area contributed by atoms with Crippen molar-refractivity contribution in [2.24, 2.45) is 0 Å². The summed E-state index contributed by atoms with van der Waals surface area (Å²) in [5.74, 6) is -0.0384. The first-order valence-corrected chi connectivity index (χ1v) is 10.2. The molecule has 1 unspecified atom stereocenters. The normalized spacial score (nSPS) is 12.0. The Hall–Kier alpha value is -2.91. The Kier molecular flexibility index (Phi) is 7.20. The summed E-state index contributed by atoms with van der Waals surface area (Å²) in [4.78, 5) is 15.0. The number of carbonyl (C=O) groups is 1. The molecule has 0 bridgehead atoms. The van der Waals surface area contributed by atoms with Gasteiger partial charge in [0.1, 0.15) is 0 Å². The lowest BCUT2D eigenvalue weighted by molar-refractivity contribution is -0.122. The van der Waals surface area contributed by atoms with Crippen molar-refractivity contribution in [3.63, 3.8) is 0 Å². The van der Waals surface area contributed by atoms with Crippen LogP contribution in [0.15, 0.2) is 78.9 Å². The van der Waals surface area contributed by atoms with E-state index in [9.17, 15) is 4.79 Å². The van der Waals surface area contributed by atoms with E-state index >= 15 is 0 Å². The molecule has 3 rings (SSSR count). The maximum absolute atomic E-state index is 12.8. The molecule has 29 heavy (non-hydrogen) atoms. The van der Waals surface area contributed by atoms with Gasteiger partial charge in [-0.25, -0.2) is 0 Å². The molecule has 3 aromatic carbocycles. The van der Waals surface area contributed by atoms with Gasteiger partial charge in [-0.1, -0.05) is 85.8 Å². The summed E-state index contributed by atoms with van der Waals surface area (Å²) in [7, 11) is 4.15. The Bertz CT molecular complexity index is 917. The van der Waals surface area contributed by atoms with Gasteiger partial charge in [0.15, 0.2) is 0 Å². The van der Waals surface area contributed by atoms with Crippen molar-refractivity contribution >= 4 is 5.91 Å². The van der Waals surface area contributed by atoms with Gasteiger partial charge in [-0.15, -0.1) is 0 Å². The summed E-state index contributed by atoms with van der Waals surface area (Å²) in [6.45, 7) is 3.51. The van der Waals surface area contributed by atoms with Crippen LogP contribution < -0.4 is 5.32 Å². The molecule has 0 fully saturated rings. The van der Waals surface area contributed by atoms with E-state index in [0.29, 0.717) is 6.54 Å². The van der Waals surface area contributed by atoms with Gasteiger partial charge in [0.05, 0.1) is 5.92 Å². The van der Waals surface area contributed by atoms with Crippen LogP contribution in [0.1, 0.15) is 36.0 Å². The highest BCUT2D eigenvalue weighted by atomic mass is 16.1. The fraction of sp³-hybridized carbons (Fsp3) is 0.269. The van der Waals surface area contributed by atoms with Gasteiger partial charge in [-0.2, -0.15) is 0 Å². The van der Waals surface area contributed by atoms with E-state index in [1.165, 1.54) is 11.1 Å². The van der Waals surface area contributed by atoms with Gasteiger partial charge in [-0.3, -0.25) is 4.79 Å². The Morgan fingerprint density at radius 3 is 2.21 bits per heavy atom. The Morgan fingerprint density at radius 1 is 0.897 bits per heavy atom. The molecule has 0 saturated heterocycles. The minimum absolute atomic E-state index is 0.0785. The summed E-state index contributed by atoms with van der Waals surface area (Å²) in [6, 6.07) is 27.0. The first-order chi connectivity index (χ1) is 14.1. The highest BCUT2D eigenvalue weighted by Crippen LogP contribution is 2.25. The number of nitrogens with zero attached hydrogens (tertiary/aromatic N) is 1. The molecule has 0 spiro atoms.